The quantitative estimate of drug-likeness (QED) is 0.196. The molecule has 0 saturated carbocycles. The minimum absolute atomic E-state index is 0.0522. The zero-order chi connectivity index (χ0) is 30.2. The van der Waals surface area contributed by atoms with Gasteiger partial charge in [0.2, 0.25) is 5.95 Å². The van der Waals surface area contributed by atoms with E-state index in [-0.39, 0.29) is 12.8 Å². The maximum atomic E-state index is 12.7. The summed E-state index contributed by atoms with van der Waals surface area (Å²) in [5.41, 5.74) is 2.59. The Kier molecular flexibility index (Phi) is 9.77. The predicted molar refractivity (Wildman–Crippen MR) is 163 cm³/mol. The Balaban J connectivity index is 1.37. The van der Waals surface area contributed by atoms with E-state index in [0.29, 0.717) is 65.2 Å². The molecule has 2 N–H and O–H groups in total. The van der Waals surface area contributed by atoms with Crippen LogP contribution in [0.1, 0.15) is 19.8 Å². The van der Waals surface area contributed by atoms with Gasteiger partial charge in [0.05, 0.1) is 21.3 Å². The first-order valence-electron chi connectivity index (χ1n) is 14.2. The standard InChI is InChI=1S/C31H37FN6O5/c1-5-33-31-37-28(20-16-23(39-2)19-24(17-20)40-3)29(43-31)25-8-12-34-30(36-25)35-21-6-7-26(27(18-21)41-4)42-22-9-13-38(14-10-22)15-11-32/h6-8,12,16-19,22H,5,9-11,13-15H2,1-4H3,(H,33,37)(H,34,35,36). The highest BCUT2D eigenvalue weighted by molar-refractivity contribution is 5.78. The molecule has 0 radical (unpaired) electrons. The summed E-state index contributed by atoms with van der Waals surface area (Å²) in [6.07, 6.45) is 3.38. The zero-order valence-corrected chi connectivity index (χ0v) is 24.9. The van der Waals surface area contributed by atoms with Crippen LogP contribution in [-0.4, -0.2) is 80.1 Å². The second-order valence-electron chi connectivity index (χ2n) is 9.93. The number of piperidine rings is 1. The van der Waals surface area contributed by atoms with Crippen LogP contribution < -0.4 is 29.6 Å². The van der Waals surface area contributed by atoms with Crippen LogP contribution in [0.4, 0.5) is 22.0 Å². The Morgan fingerprint density at radius 1 is 0.953 bits per heavy atom. The van der Waals surface area contributed by atoms with Crippen LogP contribution in [-0.2, 0) is 0 Å². The topological polar surface area (TPSA) is 116 Å². The molecule has 0 spiro atoms. The molecule has 1 aliphatic heterocycles. The van der Waals surface area contributed by atoms with Crippen LogP contribution >= 0.6 is 0 Å². The van der Waals surface area contributed by atoms with Crippen molar-refractivity contribution in [1.82, 2.24) is 19.9 Å². The van der Waals surface area contributed by atoms with E-state index < -0.39 is 0 Å². The van der Waals surface area contributed by atoms with Crippen molar-refractivity contribution in [2.75, 3.05) is 64.8 Å². The van der Waals surface area contributed by atoms with Gasteiger partial charge in [-0.15, -0.1) is 0 Å². The number of anilines is 3. The highest BCUT2D eigenvalue weighted by Gasteiger charge is 2.23. The third kappa shape index (κ3) is 7.26. The first-order valence-corrected chi connectivity index (χ1v) is 14.2. The fourth-order valence-corrected chi connectivity index (χ4v) is 4.93. The van der Waals surface area contributed by atoms with Crippen molar-refractivity contribution >= 4 is 17.7 Å². The van der Waals surface area contributed by atoms with Gasteiger partial charge in [-0.05, 0) is 50.1 Å². The molecular formula is C31H37FN6O5. The molecule has 0 unspecified atom stereocenters. The maximum absolute atomic E-state index is 12.7. The highest BCUT2D eigenvalue weighted by atomic mass is 19.1. The maximum Gasteiger partial charge on any atom is 0.295 e. The minimum Gasteiger partial charge on any atom is -0.497 e. The second kappa shape index (κ2) is 14.1. The largest absolute Gasteiger partial charge is 0.497 e. The van der Waals surface area contributed by atoms with Gasteiger partial charge in [-0.1, -0.05) is 0 Å². The van der Waals surface area contributed by atoms with Crippen molar-refractivity contribution in [2.45, 2.75) is 25.9 Å². The van der Waals surface area contributed by atoms with E-state index in [1.807, 2.05) is 37.3 Å². The van der Waals surface area contributed by atoms with E-state index in [9.17, 15) is 4.39 Å². The fourth-order valence-electron chi connectivity index (χ4n) is 4.93. The van der Waals surface area contributed by atoms with Gasteiger partial charge in [0.25, 0.3) is 6.01 Å². The fraction of sp³-hybridized carbons (Fsp3) is 0.387. The van der Waals surface area contributed by atoms with Crippen molar-refractivity contribution < 1.29 is 27.8 Å². The van der Waals surface area contributed by atoms with Gasteiger partial charge in [-0.25, -0.2) is 14.4 Å². The van der Waals surface area contributed by atoms with E-state index in [4.69, 9.17) is 28.3 Å². The van der Waals surface area contributed by atoms with Crippen LogP contribution in [0.3, 0.4) is 0 Å². The molecule has 3 heterocycles. The van der Waals surface area contributed by atoms with Crippen LogP contribution in [0.5, 0.6) is 23.0 Å². The lowest BCUT2D eigenvalue weighted by Gasteiger charge is -2.31. The molecule has 1 fully saturated rings. The molecule has 1 saturated heterocycles. The van der Waals surface area contributed by atoms with Gasteiger partial charge in [0, 0.05) is 55.8 Å². The van der Waals surface area contributed by atoms with Gasteiger partial charge < -0.3 is 38.9 Å². The number of rotatable bonds is 13. The number of aromatic nitrogens is 3. The number of benzene rings is 2. The molecule has 12 heteroatoms. The molecule has 0 bridgehead atoms. The molecule has 11 nitrogen and oxygen atoms in total. The van der Waals surface area contributed by atoms with Crippen molar-refractivity contribution in [3.8, 4) is 45.7 Å². The molecule has 2 aromatic heterocycles. The summed E-state index contributed by atoms with van der Waals surface area (Å²) in [5.74, 6) is 3.33. The highest BCUT2D eigenvalue weighted by Crippen LogP contribution is 2.38. The second-order valence-corrected chi connectivity index (χ2v) is 9.93. The predicted octanol–water partition coefficient (Wildman–Crippen LogP) is 5.81. The summed E-state index contributed by atoms with van der Waals surface area (Å²) >= 11 is 0. The summed E-state index contributed by atoms with van der Waals surface area (Å²) < 4.78 is 41.6. The molecule has 2 aromatic carbocycles. The Morgan fingerprint density at radius 3 is 2.40 bits per heavy atom. The van der Waals surface area contributed by atoms with E-state index in [0.717, 1.165) is 37.2 Å². The average Bonchev–Trinajstić information content (AvgIpc) is 3.47. The summed E-state index contributed by atoms with van der Waals surface area (Å²) in [6, 6.07) is 13.3. The van der Waals surface area contributed by atoms with Crippen molar-refractivity contribution in [3.63, 3.8) is 0 Å². The SMILES string of the molecule is CCNc1nc(-c2cc(OC)cc(OC)c2)c(-c2ccnc(Nc3ccc(OC4CCN(CCF)CC4)c(OC)c3)n2)o1. The number of oxazole rings is 1. The Hall–Kier alpha value is -4.58. The van der Waals surface area contributed by atoms with Gasteiger partial charge in [0.1, 0.15) is 35.7 Å². The molecule has 5 rings (SSSR count). The van der Waals surface area contributed by atoms with E-state index in [1.165, 1.54) is 0 Å². The Labute approximate surface area is 250 Å². The van der Waals surface area contributed by atoms with Crippen LogP contribution in [0.25, 0.3) is 22.7 Å². The van der Waals surface area contributed by atoms with Crippen LogP contribution in [0, 0.1) is 0 Å². The van der Waals surface area contributed by atoms with Crippen molar-refractivity contribution in [1.29, 1.82) is 0 Å². The van der Waals surface area contributed by atoms with Gasteiger partial charge in [-0.2, -0.15) is 4.98 Å². The molecule has 1 aliphatic rings. The molecule has 0 atom stereocenters. The number of hydrogen-bond acceptors (Lipinski definition) is 11. The van der Waals surface area contributed by atoms with Crippen molar-refractivity contribution in [3.05, 3.63) is 48.7 Å². The summed E-state index contributed by atoms with van der Waals surface area (Å²) in [6.45, 7) is 4.39. The molecular weight excluding hydrogens is 555 g/mol. The Morgan fingerprint density at radius 2 is 1.72 bits per heavy atom. The molecule has 228 valence electrons. The van der Waals surface area contributed by atoms with E-state index >= 15 is 0 Å². The van der Waals surface area contributed by atoms with E-state index in [1.54, 1.807) is 39.7 Å². The third-order valence-corrected chi connectivity index (χ3v) is 7.12. The first-order chi connectivity index (χ1) is 21.0. The van der Waals surface area contributed by atoms with Gasteiger partial charge in [0.15, 0.2) is 17.3 Å². The van der Waals surface area contributed by atoms with Crippen LogP contribution in [0.15, 0.2) is 53.1 Å². The number of methoxy groups -OCH3 is 3. The van der Waals surface area contributed by atoms with E-state index in [2.05, 4.69) is 25.5 Å². The van der Waals surface area contributed by atoms with Gasteiger partial charge in [-0.3, -0.25) is 0 Å². The smallest absolute Gasteiger partial charge is 0.295 e. The number of nitrogens with zero attached hydrogens (tertiary/aromatic N) is 4. The number of alkyl halides is 1. The summed E-state index contributed by atoms with van der Waals surface area (Å²) in [4.78, 5) is 15.9. The molecule has 0 amide bonds. The molecule has 43 heavy (non-hydrogen) atoms. The normalized spacial score (nSPS) is 13.9. The van der Waals surface area contributed by atoms with Crippen LogP contribution in [0.2, 0.25) is 0 Å². The first kappa shape index (κ1) is 29.9. The lowest BCUT2D eigenvalue weighted by molar-refractivity contribution is 0.0945. The summed E-state index contributed by atoms with van der Waals surface area (Å²) in [7, 11) is 4.80. The monoisotopic (exact) mass is 592 g/mol. The Bertz CT molecular complexity index is 1490. The number of likely N-dealkylation sites (tertiary alicyclic amines) is 1. The summed E-state index contributed by atoms with van der Waals surface area (Å²) in [5, 5.41) is 6.38. The van der Waals surface area contributed by atoms with Gasteiger partial charge >= 0.3 is 0 Å². The minimum atomic E-state index is -0.325. The number of nitrogens with one attached hydrogen (secondary N) is 2. The number of hydrogen-bond donors (Lipinski definition) is 2. The lowest BCUT2D eigenvalue weighted by Crippen LogP contribution is -2.39. The molecule has 4 aromatic rings. The lowest BCUT2D eigenvalue weighted by atomic mass is 10.1. The molecule has 0 aliphatic carbocycles. The zero-order valence-electron chi connectivity index (χ0n) is 24.9. The van der Waals surface area contributed by atoms with Crippen molar-refractivity contribution in [2.24, 2.45) is 0 Å². The number of halogens is 1. The number of ether oxygens (including phenoxy) is 4. The average molecular weight is 593 g/mol. The third-order valence-electron chi connectivity index (χ3n) is 7.12.